The fourth-order valence-electron chi connectivity index (χ4n) is 3.83. The highest BCUT2D eigenvalue weighted by molar-refractivity contribution is 5.24. The second-order valence-electron chi connectivity index (χ2n) is 5.85. The van der Waals surface area contributed by atoms with Crippen LogP contribution in [0.5, 0.6) is 5.75 Å². The average molecular weight is 263 g/mol. The van der Waals surface area contributed by atoms with E-state index in [9.17, 15) is 4.39 Å². The van der Waals surface area contributed by atoms with Gasteiger partial charge in [0.05, 0.1) is 0 Å². The molecule has 0 saturated heterocycles. The van der Waals surface area contributed by atoms with Crippen LogP contribution >= 0.6 is 0 Å². The van der Waals surface area contributed by atoms with Crippen LogP contribution in [0.15, 0.2) is 24.3 Å². The predicted octanol–water partition coefficient (Wildman–Crippen LogP) is 3.52. The smallest absolute Gasteiger partial charge is 0.123 e. The van der Waals surface area contributed by atoms with E-state index < -0.39 is 0 Å². The SMILES string of the molecule is CCNC1CC(Oc2ccc(F)cc2)C12CCCC2. The molecule has 2 unspecified atom stereocenters. The van der Waals surface area contributed by atoms with E-state index in [1.54, 1.807) is 12.1 Å². The fourth-order valence-corrected chi connectivity index (χ4v) is 3.83. The first kappa shape index (κ1) is 12.9. The Morgan fingerprint density at radius 3 is 2.58 bits per heavy atom. The van der Waals surface area contributed by atoms with Gasteiger partial charge in [0.15, 0.2) is 0 Å². The number of nitrogens with one attached hydrogen (secondary N) is 1. The van der Waals surface area contributed by atoms with Crippen molar-refractivity contribution < 1.29 is 9.13 Å². The standard InChI is InChI=1S/C16H22FNO/c1-2-18-14-11-15(16(14)9-3-4-10-16)19-13-7-5-12(17)6-8-13/h5-8,14-15,18H,2-4,9-11H2,1H3. The zero-order chi connectivity index (χ0) is 13.3. The van der Waals surface area contributed by atoms with Crippen molar-refractivity contribution >= 4 is 0 Å². The Morgan fingerprint density at radius 1 is 1.26 bits per heavy atom. The Kier molecular flexibility index (Phi) is 3.48. The third kappa shape index (κ3) is 2.25. The summed E-state index contributed by atoms with van der Waals surface area (Å²) in [6.07, 6.45) is 6.51. The topological polar surface area (TPSA) is 21.3 Å². The molecule has 2 aliphatic carbocycles. The van der Waals surface area contributed by atoms with Crippen molar-refractivity contribution in [2.75, 3.05) is 6.54 Å². The normalized spacial score (nSPS) is 28.3. The maximum atomic E-state index is 12.9. The Labute approximate surface area is 114 Å². The first-order valence-corrected chi connectivity index (χ1v) is 7.40. The lowest BCUT2D eigenvalue weighted by molar-refractivity contribution is -0.0755. The Balaban J connectivity index is 1.70. The van der Waals surface area contributed by atoms with Crippen molar-refractivity contribution in [3.05, 3.63) is 30.1 Å². The molecular weight excluding hydrogens is 241 g/mol. The van der Waals surface area contributed by atoms with E-state index in [-0.39, 0.29) is 5.82 Å². The molecule has 0 bridgehead atoms. The molecule has 0 radical (unpaired) electrons. The third-order valence-electron chi connectivity index (χ3n) is 4.86. The van der Waals surface area contributed by atoms with Crippen LogP contribution in [0.3, 0.4) is 0 Å². The molecule has 1 aromatic rings. The molecular formula is C16H22FNO. The second kappa shape index (κ2) is 5.12. The molecule has 19 heavy (non-hydrogen) atoms. The number of rotatable bonds is 4. The molecule has 2 atom stereocenters. The van der Waals surface area contributed by atoms with Crippen LogP contribution in [0.25, 0.3) is 0 Å². The number of benzene rings is 1. The molecule has 3 rings (SSSR count). The van der Waals surface area contributed by atoms with Gasteiger partial charge in [-0.25, -0.2) is 4.39 Å². The highest BCUT2D eigenvalue weighted by Gasteiger charge is 2.57. The maximum absolute atomic E-state index is 12.9. The van der Waals surface area contributed by atoms with Crippen LogP contribution in [0.1, 0.15) is 39.0 Å². The number of hydrogen-bond acceptors (Lipinski definition) is 2. The number of halogens is 1. The van der Waals surface area contributed by atoms with Gasteiger partial charge < -0.3 is 10.1 Å². The van der Waals surface area contributed by atoms with Gasteiger partial charge in [0.1, 0.15) is 17.7 Å². The quantitative estimate of drug-likeness (QED) is 0.897. The molecule has 1 N–H and O–H groups in total. The molecule has 2 fully saturated rings. The largest absolute Gasteiger partial charge is 0.490 e. The monoisotopic (exact) mass is 263 g/mol. The summed E-state index contributed by atoms with van der Waals surface area (Å²) in [6, 6.07) is 7.01. The minimum absolute atomic E-state index is 0.206. The summed E-state index contributed by atoms with van der Waals surface area (Å²) in [5.41, 5.74) is 0.324. The van der Waals surface area contributed by atoms with Gasteiger partial charge in [0.25, 0.3) is 0 Å². The summed E-state index contributed by atoms with van der Waals surface area (Å²) in [7, 11) is 0. The van der Waals surface area contributed by atoms with Gasteiger partial charge in [0, 0.05) is 17.9 Å². The summed E-state index contributed by atoms with van der Waals surface area (Å²) in [5.74, 6) is 0.592. The van der Waals surface area contributed by atoms with Crippen molar-refractivity contribution in [3.8, 4) is 5.75 Å². The first-order chi connectivity index (χ1) is 9.24. The van der Waals surface area contributed by atoms with E-state index in [2.05, 4.69) is 12.2 Å². The van der Waals surface area contributed by atoms with Crippen LogP contribution < -0.4 is 10.1 Å². The van der Waals surface area contributed by atoms with E-state index in [0.717, 1.165) is 18.7 Å². The van der Waals surface area contributed by atoms with Gasteiger partial charge >= 0.3 is 0 Å². The second-order valence-corrected chi connectivity index (χ2v) is 5.85. The molecule has 104 valence electrons. The zero-order valence-corrected chi connectivity index (χ0v) is 11.5. The zero-order valence-electron chi connectivity index (χ0n) is 11.5. The van der Waals surface area contributed by atoms with Crippen molar-refractivity contribution in [3.63, 3.8) is 0 Å². The summed E-state index contributed by atoms with van der Waals surface area (Å²) in [6.45, 7) is 3.19. The van der Waals surface area contributed by atoms with Crippen LogP contribution in [0, 0.1) is 11.2 Å². The molecule has 2 nitrogen and oxygen atoms in total. The Bertz CT molecular complexity index is 425. The summed E-state index contributed by atoms with van der Waals surface area (Å²) in [5, 5.41) is 3.60. The van der Waals surface area contributed by atoms with Gasteiger partial charge in [-0.05, 0) is 43.7 Å². The number of ether oxygens (including phenoxy) is 1. The van der Waals surface area contributed by atoms with Gasteiger partial charge in [-0.3, -0.25) is 0 Å². The number of hydrogen-bond donors (Lipinski definition) is 1. The highest BCUT2D eigenvalue weighted by Crippen LogP contribution is 2.54. The maximum Gasteiger partial charge on any atom is 0.123 e. The van der Waals surface area contributed by atoms with Crippen LogP contribution in [0.4, 0.5) is 4.39 Å². The molecule has 0 amide bonds. The molecule has 1 aromatic carbocycles. The van der Waals surface area contributed by atoms with Crippen LogP contribution in [-0.4, -0.2) is 18.7 Å². The summed E-state index contributed by atoms with van der Waals surface area (Å²) >= 11 is 0. The third-order valence-corrected chi connectivity index (χ3v) is 4.86. The predicted molar refractivity (Wildman–Crippen MR) is 73.8 cm³/mol. The van der Waals surface area contributed by atoms with Gasteiger partial charge in [-0.2, -0.15) is 0 Å². The summed E-state index contributed by atoms with van der Waals surface area (Å²) < 4.78 is 19.0. The summed E-state index contributed by atoms with van der Waals surface area (Å²) in [4.78, 5) is 0. The van der Waals surface area contributed by atoms with Crippen LogP contribution in [-0.2, 0) is 0 Å². The minimum atomic E-state index is -0.206. The van der Waals surface area contributed by atoms with Crippen molar-refractivity contribution in [1.29, 1.82) is 0 Å². The van der Waals surface area contributed by atoms with Gasteiger partial charge in [-0.1, -0.05) is 19.8 Å². The lowest BCUT2D eigenvalue weighted by Gasteiger charge is -2.54. The molecule has 0 heterocycles. The fraction of sp³-hybridized carbons (Fsp3) is 0.625. The van der Waals surface area contributed by atoms with E-state index in [1.165, 1.54) is 37.8 Å². The van der Waals surface area contributed by atoms with Crippen LogP contribution in [0.2, 0.25) is 0 Å². The van der Waals surface area contributed by atoms with E-state index in [0.29, 0.717) is 17.6 Å². The molecule has 2 saturated carbocycles. The van der Waals surface area contributed by atoms with E-state index >= 15 is 0 Å². The lowest BCUT2D eigenvalue weighted by atomic mass is 9.60. The van der Waals surface area contributed by atoms with Crippen molar-refractivity contribution in [2.45, 2.75) is 51.2 Å². The Morgan fingerprint density at radius 2 is 1.95 bits per heavy atom. The Hall–Kier alpha value is -1.09. The highest BCUT2D eigenvalue weighted by atomic mass is 19.1. The molecule has 3 heteroatoms. The van der Waals surface area contributed by atoms with Gasteiger partial charge in [-0.15, -0.1) is 0 Å². The average Bonchev–Trinajstić information content (AvgIpc) is 2.92. The molecule has 0 aromatic heterocycles. The van der Waals surface area contributed by atoms with Gasteiger partial charge in [0.2, 0.25) is 0 Å². The lowest BCUT2D eigenvalue weighted by Crippen LogP contribution is -2.63. The molecule has 0 aliphatic heterocycles. The first-order valence-electron chi connectivity index (χ1n) is 7.40. The molecule has 1 spiro atoms. The van der Waals surface area contributed by atoms with Crippen molar-refractivity contribution in [1.82, 2.24) is 5.32 Å². The van der Waals surface area contributed by atoms with Crippen molar-refractivity contribution in [2.24, 2.45) is 5.41 Å². The minimum Gasteiger partial charge on any atom is -0.490 e. The van der Waals surface area contributed by atoms with E-state index in [4.69, 9.17) is 4.74 Å². The molecule has 2 aliphatic rings. The van der Waals surface area contributed by atoms with E-state index in [1.807, 2.05) is 0 Å².